The fraction of sp³-hybridized carbons (Fsp3) is 0.391. The first-order chi connectivity index (χ1) is 16.2. The molecule has 0 bridgehead atoms. The van der Waals surface area contributed by atoms with Crippen molar-refractivity contribution in [2.75, 3.05) is 17.1 Å². The van der Waals surface area contributed by atoms with Gasteiger partial charge >= 0.3 is 0 Å². The molecule has 2 amide bonds. The van der Waals surface area contributed by atoms with Gasteiger partial charge in [-0.2, -0.15) is 0 Å². The van der Waals surface area contributed by atoms with Gasteiger partial charge in [-0.1, -0.05) is 59.4 Å². The second kappa shape index (κ2) is 12.5. The van der Waals surface area contributed by atoms with Crippen LogP contribution in [-0.4, -0.2) is 50.0 Å². The maximum Gasteiger partial charge on any atom is 0.244 e. The van der Waals surface area contributed by atoms with Gasteiger partial charge < -0.3 is 10.2 Å². The predicted octanol–water partition coefficient (Wildman–Crippen LogP) is 5.40. The van der Waals surface area contributed by atoms with E-state index in [9.17, 15) is 18.0 Å². The smallest absolute Gasteiger partial charge is 0.244 e. The Hall–Kier alpha value is -1.71. The highest BCUT2D eigenvalue weighted by Gasteiger charge is 2.30. The number of carbonyl (C=O) groups excluding carboxylic acids is 2. The Morgan fingerprint density at radius 3 is 2.09 bits per heavy atom. The number of carbonyl (C=O) groups is 2. The van der Waals surface area contributed by atoms with Crippen molar-refractivity contribution in [2.24, 2.45) is 0 Å². The number of halogens is 4. The molecular weight excluding hydrogens is 556 g/mol. The van der Waals surface area contributed by atoms with Crippen LogP contribution in [0.4, 0.5) is 5.69 Å². The van der Waals surface area contributed by atoms with Crippen LogP contribution in [0.25, 0.3) is 0 Å². The minimum atomic E-state index is -3.90. The number of hydrogen-bond donors (Lipinski definition) is 1. The van der Waals surface area contributed by atoms with E-state index in [-0.39, 0.29) is 34.2 Å². The largest absolute Gasteiger partial charge is 0.352 e. The average molecular weight is 583 g/mol. The quantitative estimate of drug-likeness (QED) is 0.406. The molecule has 2 aromatic carbocycles. The number of anilines is 1. The third kappa shape index (κ3) is 8.43. The Bertz CT molecular complexity index is 1170. The topological polar surface area (TPSA) is 86.8 Å². The third-order valence-corrected chi connectivity index (χ3v) is 7.64. The van der Waals surface area contributed by atoms with E-state index in [2.05, 4.69) is 5.32 Å². The molecule has 0 aromatic heterocycles. The van der Waals surface area contributed by atoms with Crippen molar-refractivity contribution in [1.82, 2.24) is 10.2 Å². The molecule has 2 aromatic rings. The van der Waals surface area contributed by atoms with Gasteiger partial charge in [-0.3, -0.25) is 13.9 Å². The summed E-state index contributed by atoms with van der Waals surface area (Å²) in [6.45, 7) is 4.78. The van der Waals surface area contributed by atoms with Gasteiger partial charge in [0.1, 0.15) is 12.6 Å². The number of nitrogens with zero attached hydrogens (tertiary/aromatic N) is 2. The molecule has 0 spiro atoms. The summed E-state index contributed by atoms with van der Waals surface area (Å²) in [6.07, 6.45) is 1.67. The van der Waals surface area contributed by atoms with Gasteiger partial charge in [0.25, 0.3) is 0 Å². The summed E-state index contributed by atoms with van der Waals surface area (Å²) < 4.78 is 26.1. The van der Waals surface area contributed by atoms with Crippen LogP contribution in [0.2, 0.25) is 20.1 Å². The summed E-state index contributed by atoms with van der Waals surface area (Å²) in [5, 5.41) is 3.91. The molecular formula is C23H27Cl4N3O4S. The van der Waals surface area contributed by atoms with Crippen LogP contribution in [0.15, 0.2) is 36.4 Å². The lowest BCUT2D eigenvalue weighted by Crippen LogP contribution is -2.52. The highest BCUT2D eigenvalue weighted by Crippen LogP contribution is 2.28. The van der Waals surface area contributed by atoms with Crippen LogP contribution in [-0.2, 0) is 26.2 Å². The summed E-state index contributed by atoms with van der Waals surface area (Å²) in [6, 6.07) is 8.08. The standard InChI is InChI=1S/C23H27Cl4N3O4S/c1-5-14(2)28-23(32)15(3)29(12-16-6-7-20(26)21(27)8-16)22(31)13-30(35(4,33)34)19-10-17(24)9-18(25)11-19/h6-11,14-15H,5,12-13H2,1-4H3,(H,28,32)/t14-,15+/m1/s1. The lowest BCUT2D eigenvalue weighted by atomic mass is 10.1. The van der Waals surface area contributed by atoms with Crippen molar-refractivity contribution in [2.45, 2.75) is 45.8 Å². The summed E-state index contributed by atoms with van der Waals surface area (Å²) in [5.74, 6) is -0.978. The minimum Gasteiger partial charge on any atom is -0.352 e. The lowest BCUT2D eigenvalue weighted by Gasteiger charge is -2.32. The van der Waals surface area contributed by atoms with Crippen LogP contribution < -0.4 is 9.62 Å². The zero-order valence-electron chi connectivity index (χ0n) is 19.7. The molecule has 7 nitrogen and oxygen atoms in total. The van der Waals surface area contributed by atoms with E-state index in [4.69, 9.17) is 46.4 Å². The summed E-state index contributed by atoms with van der Waals surface area (Å²) >= 11 is 24.2. The Balaban J connectivity index is 2.44. The van der Waals surface area contributed by atoms with E-state index in [0.717, 1.165) is 10.6 Å². The van der Waals surface area contributed by atoms with Gasteiger partial charge in [-0.15, -0.1) is 0 Å². The number of benzene rings is 2. The van der Waals surface area contributed by atoms with Gasteiger partial charge in [0, 0.05) is 22.6 Å². The highest BCUT2D eigenvalue weighted by atomic mass is 35.5. The molecule has 0 aliphatic carbocycles. The van der Waals surface area contributed by atoms with Crippen molar-refractivity contribution in [3.63, 3.8) is 0 Å². The van der Waals surface area contributed by atoms with Gasteiger partial charge in [0.05, 0.1) is 22.0 Å². The molecule has 0 fully saturated rings. The summed E-state index contributed by atoms with van der Waals surface area (Å²) in [5.41, 5.74) is 0.747. The van der Waals surface area contributed by atoms with Gasteiger partial charge in [-0.05, 0) is 56.2 Å². The second-order valence-electron chi connectivity index (χ2n) is 8.16. The predicted molar refractivity (Wildman–Crippen MR) is 143 cm³/mol. The van der Waals surface area contributed by atoms with E-state index in [1.54, 1.807) is 25.1 Å². The SMILES string of the molecule is CC[C@@H](C)NC(=O)[C@H](C)N(Cc1ccc(Cl)c(Cl)c1)C(=O)CN(c1cc(Cl)cc(Cl)c1)S(C)(=O)=O. The number of hydrogen-bond acceptors (Lipinski definition) is 4. The maximum atomic E-state index is 13.5. The minimum absolute atomic E-state index is 0.00127. The number of nitrogens with one attached hydrogen (secondary N) is 1. The second-order valence-corrected chi connectivity index (χ2v) is 11.8. The van der Waals surface area contributed by atoms with Crippen LogP contribution in [0.1, 0.15) is 32.8 Å². The fourth-order valence-electron chi connectivity index (χ4n) is 3.18. The number of amides is 2. The van der Waals surface area contributed by atoms with Crippen LogP contribution in [0.5, 0.6) is 0 Å². The maximum absolute atomic E-state index is 13.5. The molecule has 0 heterocycles. The van der Waals surface area contributed by atoms with Crippen LogP contribution in [0.3, 0.4) is 0 Å². The number of rotatable bonds is 10. The van der Waals surface area contributed by atoms with Gasteiger partial charge in [-0.25, -0.2) is 8.42 Å². The first kappa shape index (κ1) is 29.5. The first-order valence-electron chi connectivity index (χ1n) is 10.7. The van der Waals surface area contributed by atoms with Gasteiger partial charge in [0.2, 0.25) is 21.8 Å². The van der Waals surface area contributed by atoms with Crippen LogP contribution >= 0.6 is 46.4 Å². The van der Waals surface area contributed by atoms with E-state index >= 15 is 0 Å². The molecule has 0 saturated carbocycles. The average Bonchev–Trinajstić information content (AvgIpc) is 2.75. The molecule has 0 saturated heterocycles. The Morgan fingerprint density at radius 1 is 0.971 bits per heavy atom. The molecule has 2 rings (SSSR count). The van der Waals surface area contributed by atoms with Crippen molar-refractivity contribution >= 4 is 73.9 Å². The molecule has 12 heteroatoms. The Labute approximate surface area is 226 Å². The summed E-state index contributed by atoms with van der Waals surface area (Å²) in [4.78, 5) is 27.7. The van der Waals surface area contributed by atoms with Crippen molar-refractivity contribution in [1.29, 1.82) is 0 Å². The summed E-state index contributed by atoms with van der Waals surface area (Å²) in [7, 11) is -3.90. The molecule has 0 aliphatic heterocycles. The Kier molecular flexibility index (Phi) is 10.5. The van der Waals surface area contributed by atoms with E-state index in [1.165, 1.54) is 23.1 Å². The Morgan fingerprint density at radius 2 is 1.57 bits per heavy atom. The van der Waals surface area contributed by atoms with Crippen molar-refractivity contribution in [3.8, 4) is 0 Å². The first-order valence-corrected chi connectivity index (χ1v) is 14.1. The molecule has 0 unspecified atom stereocenters. The molecule has 192 valence electrons. The molecule has 2 atom stereocenters. The van der Waals surface area contributed by atoms with E-state index < -0.39 is 28.5 Å². The van der Waals surface area contributed by atoms with Crippen molar-refractivity contribution in [3.05, 3.63) is 62.1 Å². The van der Waals surface area contributed by atoms with Crippen molar-refractivity contribution < 1.29 is 18.0 Å². The van der Waals surface area contributed by atoms with E-state index in [1.807, 2.05) is 13.8 Å². The van der Waals surface area contributed by atoms with Crippen LogP contribution in [0, 0.1) is 0 Å². The normalized spacial score (nSPS) is 13.1. The molecule has 0 aliphatic rings. The van der Waals surface area contributed by atoms with Gasteiger partial charge in [0.15, 0.2) is 0 Å². The number of sulfonamides is 1. The zero-order valence-corrected chi connectivity index (χ0v) is 23.5. The molecule has 35 heavy (non-hydrogen) atoms. The monoisotopic (exact) mass is 581 g/mol. The zero-order chi connectivity index (χ0) is 26.5. The fourth-order valence-corrected chi connectivity index (χ4v) is 4.85. The molecule has 0 radical (unpaired) electrons. The lowest BCUT2D eigenvalue weighted by molar-refractivity contribution is -0.139. The van der Waals surface area contributed by atoms with E-state index in [0.29, 0.717) is 22.0 Å². The molecule has 1 N–H and O–H groups in total. The third-order valence-electron chi connectivity index (χ3n) is 5.32. The highest BCUT2D eigenvalue weighted by molar-refractivity contribution is 7.92.